The number of morpholine rings is 1. The molecule has 2 heterocycles. The van der Waals surface area contributed by atoms with E-state index in [4.69, 9.17) is 14.2 Å². The molecule has 0 atom stereocenters. The largest absolute Gasteiger partial charge is 0.454 e. The first-order chi connectivity index (χ1) is 16.2. The van der Waals surface area contributed by atoms with Crippen LogP contribution in [-0.2, 0) is 17.7 Å². The van der Waals surface area contributed by atoms with Gasteiger partial charge in [0.15, 0.2) is 11.5 Å². The van der Waals surface area contributed by atoms with Gasteiger partial charge in [0.1, 0.15) is 0 Å². The van der Waals surface area contributed by atoms with Gasteiger partial charge in [-0.3, -0.25) is 9.69 Å². The molecule has 1 fully saturated rings. The third-order valence-corrected chi connectivity index (χ3v) is 6.37. The number of aryl methyl sites for hydroxylation is 1. The lowest BCUT2D eigenvalue weighted by Crippen LogP contribution is -2.39. The van der Waals surface area contributed by atoms with Gasteiger partial charge in [-0.05, 0) is 54.7 Å². The quantitative estimate of drug-likeness (QED) is 0.470. The van der Waals surface area contributed by atoms with E-state index in [0.717, 1.165) is 68.3 Å². The predicted octanol–water partition coefficient (Wildman–Crippen LogP) is 4.51. The molecule has 4 rings (SSSR count). The Hall–Kier alpha value is -2.57. The van der Waals surface area contributed by atoms with Crippen molar-refractivity contribution < 1.29 is 19.0 Å². The summed E-state index contributed by atoms with van der Waals surface area (Å²) in [6, 6.07) is 14.1. The van der Waals surface area contributed by atoms with Gasteiger partial charge in [0.2, 0.25) is 6.79 Å². The van der Waals surface area contributed by atoms with E-state index in [-0.39, 0.29) is 12.7 Å². The third-order valence-electron chi connectivity index (χ3n) is 6.37. The number of ether oxygens (including phenoxy) is 3. The van der Waals surface area contributed by atoms with Gasteiger partial charge in [0, 0.05) is 38.3 Å². The fourth-order valence-corrected chi connectivity index (χ4v) is 4.40. The first-order valence-electron chi connectivity index (χ1n) is 12.3. The van der Waals surface area contributed by atoms with Crippen LogP contribution >= 0.6 is 0 Å². The third kappa shape index (κ3) is 6.71. The van der Waals surface area contributed by atoms with Crippen molar-refractivity contribution in [2.45, 2.75) is 45.6 Å². The maximum atomic E-state index is 13.5. The molecule has 0 unspecified atom stereocenters. The highest BCUT2D eigenvalue weighted by molar-refractivity contribution is 5.94. The Balaban J connectivity index is 1.41. The van der Waals surface area contributed by atoms with Crippen molar-refractivity contribution in [3.05, 3.63) is 59.2 Å². The summed E-state index contributed by atoms with van der Waals surface area (Å²) in [6.45, 7) is 8.24. The lowest BCUT2D eigenvalue weighted by Gasteiger charge is -2.28. The topological polar surface area (TPSA) is 51.2 Å². The van der Waals surface area contributed by atoms with Gasteiger partial charge in [-0.1, -0.05) is 38.0 Å². The minimum Gasteiger partial charge on any atom is -0.454 e. The van der Waals surface area contributed by atoms with Crippen LogP contribution in [0.1, 0.15) is 54.1 Å². The fraction of sp³-hybridized carbons (Fsp3) is 0.519. The number of hydrogen-bond acceptors (Lipinski definition) is 5. The molecule has 2 aliphatic rings. The molecule has 2 aromatic carbocycles. The first kappa shape index (κ1) is 23.6. The number of unbranched alkanes of at least 4 members (excludes halogenated alkanes) is 2. The molecule has 0 bridgehead atoms. The van der Waals surface area contributed by atoms with Crippen molar-refractivity contribution >= 4 is 5.91 Å². The Bertz CT molecular complexity index is 893. The molecule has 0 aliphatic carbocycles. The van der Waals surface area contributed by atoms with E-state index in [1.54, 1.807) is 0 Å². The monoisotopic (exact) mass is 452 g/mol. The normalized spacial score (nSPS) is 15.5. The highest BCUT2D eigenvalue weighted by atomic mass is 16.7. The van der Waals surface area contributed by atoms with Crippen molar-refractivity contribution in [3.8, 4) is 11.5 Å². The van der Waals surface area contributed by atoms with E-state index >= 15 is 0 Å². The number of fused-ring (bicyclic) bond motifs is 1. The first-order valence-corrected chi connectivity index (χ1v) is 12.3. The zero-order chi connectivity index (χ0) is 22.9. The summed E-state index contributed by atoms with van der Waals surface area (Å²) in [5.41, 5.74) is 3.10. The molecule has 0 spiro atoms. The predicted molar refractivity (Wildman–Crippen MR) is 129 cm³/mol. The number of benzene rings is 2. The van der Waals surface area contributed by atoms with E-state index in [0.29, 0.717) is 13.1 Å². The lowest BCUT2D eigenvalue weighted by molar-refractivity contribution is 0.0355. The molecule has 6 nitrogen and oxygen atoms in total. The van der Waals surface area contributed by atoms with Crippen LogP contribution in [-0.4, -0.2) is 61.9 Å². The SMILES string of the molecule is CCCCCc1ccc(C(=O)N(CCCN2CCOCC2)Cc2ccc3c(c2)OCO3)cc1. The van der Waals surface area contributed by atoms with Crippen LogP contribution in [0.3, 0.4) is 0 Å². The van der Waals surface area contributed by atoms with Crippen LogP contribution in [0.2, 0.25) is 0 Å². The number of rotatable bonds is 11. The second-order valence-corrected chi connectivity index (χ2v) is 8.88. The fourth-order valence-electron chi connectivity index (χ4n) is 4.40. The second kappa shape index (κ2) is 12.1. The summed E-state index contributed by atoms with van der Waals surface area (Å²) in [5.74, 6) is 1.60. The number of hydrogen-bond donors (Lipinski definition) is 0. The van der Waals surface area contributed by atoms with Crippen molar-refractivity contribution in [1.82, 2.24) is 9.80 Å². The summed E-state index contributed by atoms with van der Waals surface area (Å²) >= 11 is 0. The minimum atomic E-state index is 0.0785. The Morgan fingerprint density at radius 3 is 2.48 bits per heavy atom. The summed E-state index contributed by atoms with van der Waals surface area (Å²) < 4.78 is 16.4. The highest BCUT2D eigenvalue weighted by Gasteiger charge is 2.20. The molecule has 0 N–H and O–H groups in total. The Kier molecular flexibility index (Phi) is 8.61. The number of carbonyl (C=O) groups excluding carboxylic acids is 1. The van der Waals surface area contributed by atoms with Gasteiger partial charge in [-0.15, -0.1) is 0 Å². The Labute approximate surface area is 197 Å². The number of amides is 1. The van der Waals surface area contributed by atoms with Crippen molar-refractivity contribution in [2.75, 3.05) is 46.2 Å². The second-order valence-electron chi connectivity index (χ2n) is 8.88. The molecule has 178 valence electrons. The molecule has 33 heavy (non-hydrogen) atoms. The van der Waals surface area contributed by atoms with Gasteiger partial charge < -0.3 is 19.1 Å². The molecule has 6 heteroatoms. The summed E-state index contributed by atoms with van der Waals surface area (Å²) in [4.78, 5) is 17.9. The van der Waals surface area contributed by atoms with Gasteiger partial charge in [0.25, 0.3) is 5.91 Å². The van der Waals surface area contributed by atoms with Crippen molar-refractivity contribution in [1.29, 1.82) is 0 Å². The smallest absolute Gasteiger partial charge is 0.254 e. The Morgan fingerprint density at radius 2 is 1.70 bits per heavy atom. The van der Waals surface area contributed by atoms with Crippen LogP contribution in [0.15, 0.2) is 42.5 Å². The van der Waals surface area contributed by atoms with Crippen LogP contribution in [0.25, 0.3) is 0 Å². The number of carbonyl (C=O) groups is 1. The maximum Gasteiger partial charge on any atom is 0.254 e. The Morgan fingerprint density at radius 1 is 0.939 bits per heavy atom. The van der Waals surface area contributed by atoms with E-state index in [1.165, 1.54) is 24.8 Å². The van der Waals surface area contributed by atoms with Crippen LogP contribution in [0, 0.1) is 0 Å². The average molecular weight is 453 g/mol. The van der Waals surface area contributed by atoms with Crippen LogP contribution < -0.4 is 9.47 Å². The molecular weight excluding hydrogens is 416 g/mol. The summed E-state index contributed by atoms with van der Waals surface area (Å²) in [5, 5.41) is 0. The molecule has 0 aromatic heterocycles. The molecule has 2 aromatic rings. The van der Waals surface area contributed by atoms with Crippen molar-refractivity contribution in [2.24, 2.45) is 0 Å². The van der Waals surface area contributed by atoms with Gasteiger partial charge in [-0.2, -0.15) is 0 Å². The molecule has 1 saturated heterocycles. The average Bonchev–Trinajstić information content (AvgIpc) is 3.32. The molecular formula is C27H36N2O4. The summed E-state index contributed by atoms with van der Waals surface area (Å²) in [6.07, 6.45) is 5.67. The maximum absolute atomic E-state index is 13.5. The summed E-state index contributed by atoms with van der Waals surface area (Å²) in [7, 11) is 0. The minimum absolute atomic E-state index is 0.0785. The zero-order valence-electron chi connectivity index (χ0n) is 19.8. The van der Waals surface area contributed by atoms with Crippen molar-refractivity contribution in [3.63, 3.8) is 0 Å². The van der Waals surface area contributed by atoms with E-state index < -0.39 is 0 Å². The lowest BCUT2D eigenvalue weighted by atomic mass is 10.0. The number of nitrogens with zero attached hydrogens (tertiary/aromatic N) is 2. The highest BCUT2D eigenvalue weighted by Crippen LogP contribution is 2.33. The van der Waals surface area contributed by atoms with Gasteiger partial charge in [0.05, 0.1) is 13.2 Å². The van der Waals surface area contributed by atoms with Gasteiger partial charge >= 0.3 is 0 Å². The van der Waals surface area contributed by atoms with Crippen LogP contribution in [0.4, 0.5) is 0 Å². The molecule has 1 amide bonds. The van der Waals surface area contributed by atoms with E-state index in [2.05, 4.69) is 24.0 Å². The van der Waals surface area contributed by atoms with E-state index in [9.17, 15) is 4.79 Å². The van der Waals surface area contributed by atoms with Crippen LogP contribution in [0.5, 0.6) is 11.5 Å². The zero-order valence-corrected chi connectivity index (χ0v) is 19.8. The van der Waals surface area contributed by atoms with Gasteiger partial charge in [-0.25, -0.2) is 0 Å². The standard InChI is InChI=1S/C27H36N2O4/c1-2-3-4-6-22-7-10-24(11-8-22)27(30)29(14-5-13-28-15-17-31-18-16-28)20-23-9-12-25-26(19-23)33-21-32-25/h7-12,19H,2-6,13-18,20-21H2,1H3. The van der Waals surface area contributed by atoms with E-state index in [1.807, 2.05) is 35.2 Å². The molecule has 0 radical (unpaired) electrons. The molecule has 2 aliphatic heterocycles. The molecule has 0 saturated carbocycles.